The SMILES string of the molecule is CC(NC(=O)Cc1csc(-c2ccsc2)n1)c1ccc2c(c1)OCO2. The number of nitrogens with zero attached hydrogens (tertiary/aromatic N) is 1. The van der Waals surface area contributed by atoms with Crippen LogP contribution < -0.4 is 14.8 Å². The van der Waals surface area contributed by atoms with Crippen LogP contribution in [0.5, 0.6) is 11.5 Å². The summed E-state index contributed by atoms with van der Waals surface area (Å²) in [4.78, 5) is 16.9. The molecule has 128 valence electrons. The van der Waals surface area contributed by atoms with E-state index in [1.54, 1.807) is 22.7 Å². The van der Waals surface area contributed by atoms with Gasteiger partial charge in [-0.15, -0.1) is 11.3 Å². The van der Waals surface area contributed by atoms with Gasteiger partial charge in [-0.2, -0.15) is 11.3 Å². The van der Waals surface area contributed by atoms with Crippen molar-refractivity contribution < 1.29 is 14.3 Å². The molecule has 0 saturated carbocycles. The second kappa shape index (κ2) is 6.85. The number of fused-ring (bicyclic) bond motifs is 1. The van der Waals surface area contributed by atoms with Gasteiger partial charge in [0, 0.05) is 16.3 Å². The molecule has 0 saturated heterocycles. The van der Waals surface area contributed by atoms with Crippen LogP contribution in [0.25, 0.3) is 10.6 Å². The van der Waals surface area contributed by atoms with Crippen molar-refractivity contribution >= 4 is 28.6 Å². The topological polar surface area (TPSA) is 60.5 Å². The summed E-state index contributed by atoms with van der Waals surface area (Å²) in [6.07, 6.45) is 0.273. The monoisotopic (exact) mass is 372 g/mol. The summed E-state index contributed by atoms with van der Waals surface area (Å²) in [6, 6.07) is 7.64. The number of ether oxygens (including phenoxy) is 2. The fourth-order valence-corrected chi connectivity index (χ4v) is 4.16. The lowest BCUT2D eigenvalue weighted by molar-refractivity contribution is -0.121. The number of aromatic nitrogens is 1. The van der Waals surface area contributed by atoms with Crippen molar-refractivity contribution in [2.24, 2.45) is 0 Å². The Morgan fingerprint density at radius 2 is 2.16 bits per heavy atom. The van der Waals surface area contributed by atoms with Crippen molar-refractivity contribution in [3.63, 3.8) is 0 Å². The van der Waals surface area contributed by atoms with Gasteiger partial charge >= 0.3 is 0 Å². The smallest absolute Gasteiger partial charge is 0.231 e. The first-order valence-corrected chi connectivity index (χ1v) is 9.67. The van der Waals surface area contributed by atoms with E-state index >= 15 is 0 Å². The Balaban J connectivity index is 1.38. The average molecular weight is 372 g/mol. The molecule has 0 aliphatic carbocycles. The van der Waals surface area contributed by atoms with Crippen LogP contribution in [0.4, 0.5) is 0 Å². The van der Waals surface area contributed by atoms with Crippen molar-refractivity contribution in [2.45, 2.75) is 19.4 Å². The van der Waals surface area contributed by atoms with E-state index in [1.165, 1.54) is 0 Å². The van der Waals surface area contributed by atoms with Gasteiger partial charge in [-0.3, -0.25) is 4.79 Å². The van der Waals surface area contributed by atoms with Crippen molar-refractivity contribution in [3.8, 4) is 22.1 Å². The molecule has 1 unspecified atom stereocenters. The second-order valence-corrected chi connectivity index (χ2v) is 7.37. The summed E-state index contributed by atoms with van der Waals surface area (Å²) in [5.41, 5.74) is 2.88. The standard InChI is InChI=1S/C18H16N2O3S2/c1-11(12-2-3-15-16(6-12)23-10-22-15)19-17(21)7-14-9-25-18(20-14)13-4-5-24-8-13/h2-6,8-9,11H,7,10H2,1H3,(H,19,21). The van der Waals surface area contributed by atoms with Crippen molar-refractivity contribution in [3.05, 3.63) is 51.7 Å². The van der Waals surface area contributed by atoms with Crippen LogP contribution in [0.1, 0.15) is 24.2 Å². The van der Waals surface area contributed by atoms with Crippen molar-refractivity contribution in [2.75, 3.05) is 6.79 Å². The number of carbonyl (C=O) groups excluding carboxylic acids is 1. The largest absolute Gasteiger partial charge is 0.454 e. The van der Waals surface area contributed by atoms with E-state index in [1.807, 2.05) is 41.9 Å². The minimum absolute atomic E-state index is 0.0488. The fraction of sp³-hybridized carbons (Fsp3) is 0.222. The Bertz CT molecular complexity index is 890. The minimum atomic E-state index is -0.114. The predicted molar refractivity (Wildman–Crippen MR) is 98.3 cm³/mol. The maximum Gasteiger partial charge on any atom is 0.231 e. The summed E-state index contributed by atoms with van der Waals surface area (Å²) in [7, 11) is 0. The molecule has 0 fully saturated rings. The van der Waals surface area contributed by atoms with Gasteiger partial charge < -0.3 is 14.8 Å². The lowest BCUT2D eigenvalue weighted by atomic mass is 10.1. The highest BCUT2D eigenvalue weighted by Gasteiger charge is 2.17. The number of amides is 1. The third kappa shape index (κ3) is 3.52. The van der Waals surface area contributed by atoms with Crippen LogP contribution in [0, 0.1) is 0 Å². The lowest BCUT2D eigenvalue weighted by Crippen LogP contribution is -2.28. The maximum atomic E-state index is 12.3. The van der Waals surface area contributed by atoms with Crippen LogP contribution in [0.2, 0.25) is 0 Å². The van der Waals surface area contributed by atoms with Crippen LogP contribution in [0.15, 0.2) is 40.4 Å². The zero-order valence-electron chi connectivity index (χ0n) is 13.5. The Kier molecular flexibility index (Phi) is 4.42. The molecular formula is C18H16N2O3S2. The summed E-state index contributed by atoms with van der Waals surface area (Å²) in [5.74, 6) is 1.41. The number of nitrogens with one attached hydrogen (secondary N) is 1. The molecule has 0 bridgehead atoms. The Hall–Kier alpha value is -2.38. The van der Waals surface area contributed by atoms with Crippen LogP contribution >= 0.6 is 22.7 Å². The predicted octanol–water partition coefficient (Wildman–Crippen LogP) is 4.02. The quantitative estimate of drug-likeness (QED) is 0.735. The molecule has 5 nitrogen and oxygen atoms in total. The number of thiophene rings is 1. The molecule has 4 rings (SSSR count). The molecule has 1 amide bonds. The van der Waals surface area contributed by atoms with Gasteiger partial charge in [-0.05, 0) is 36.1 Å². The molecule has 1 aliphatic rings. The molecule has 3 aromatic rings. The van der Waals surface area contributed by atoms with Gasteiger partial charge in [0.2, 0.25) is 12.7 Å². The van der Waals surface area contributed by atoms with Crippen LogP contribution in [0.3, 0.4) is 0 Å². The van der Waals surface area contributed by atoms with Crippen molar-refractivity contribution in [1.29, 1.82) is 0 Å². The average Bonchev–Trinajstić information content (AvgIpc) is 3.34. The van der Waals surface area contributed by atoms with E-state index in [-0.39, 0.29) is 25.2 Å². The van der Waals surface area contributed by atoms with Gasteiger partial charge in [0.25, 0.3) is 0 Å². The molecule has 0 radical (unpaired) electrons. The third-order valence-corrected chi connectivity index (χ3v) is 5.56. The van der Waals surface area contributed by atoms with Crippen molar-refractivity contribution in [1.82, 2.24) is 10.3 Å². The summed E-state index contributed by atoms with van der Waals surface area (Å²) in [6.45, 7) is 2.20. The Morgan fingerprint density at radius 1 is 1.28 bits per heavy atom. The van der Waals surface area contributed by atoms with Gasteiger partial charge in [-0.25, -0.2) is 4.98 Å². The van der Waals surface area contributed by atoms with Gasteiger partial charge in [0.1, 0.15) is 5.01 Å². The summed E-state index contributed by atoms with van der Waals surface area (Å²) in [5, 5.41) is 9.99. The highest BCUT2D eigenvalue weighted by Crippen LogP contribution is 2.34. The number of benzene rings is 1. The first kappa shape index (κ1) is 16.1. The van der Waals surface area contributed by atoms with E-state index < -0.39 is 0 Å². The molecule has 3 heterocycles. The molecule has 1 aromatic carbocycles. The zero-order chi connectivity index (χ0) is 17.2. The molecule has 0 spiro atoms. The number of carbonyl (C=O) groups is 1. The molecular weight excluding hydrogens is 356 g/mol. The van der Waals surface area contributed by atoms with E-state index in [0.29, 0.717) is 0 Å². The number of rotatable bonds is 5. The maximum absolute atomic E-state index is 12.3. The molecule has 1 atom stereocenters. The summed E-state index contributed by atoms with van der Waals surface area (Å²) < 4.78 is 10.7. The highest BCUT2D eigenvalue weighted by molar-refractivity contribution is 7.14. The minimum Gasteiger partial charge on any atom is -0.454 e. The number of thiazole rings is 1. The molecule has 7 heteroatoms. The van der Waals surface area contributed by atoms with E-state index in [2.05, 4.69) is 15.7 Å². The fourth-order valence-electron chi connectivity index (χ4n) is 2.63. The van der Waals surface area contributed by atoms with Gasteiger partial charge in [0.15, 0.2) is 11.5 Å². The Morgan fingerprint density at radius 3 is 3.00 bits per heavy atom. The third-order valence-electron chi connectivity index (χ3n) is 3.94. The highest BCUT2D eigenvalue weighted by atomic mass is 32.1. The zero-order valence-corrected chi connectivity index (χ0v) is 15.2. The number of hydrogen-bond donors (Lipinski definition) is 1. The first-order chi connectivity index (χ1) is 12.2. The van der Waals surface area contributed by atoms with Crippen LogP contribution in [-0.2, 0) is 11.2 Å². The first-order valence-electron chi connectivity index (χ1n) is 7.85. The molecule has 2 aromatic heterocycles. The lowest BCUT2D eigenvalue weighted by Gasteiger charge is -2.14. The molecule has 1 N–H and O–H groups in total. The van der Waals surface area contributed by atoms with E-state index in [4.69, 9.17) is 9.47 Å². The van der Waals surface area contributed by atoms with E-state index in [9.17, 15) is 4.79 Å². The Labute approximate surface area is 153 Å². The molecule has 1 aliphatic heterocycles. The number of hydrogen-bond acceptors (Lipinski definition) is 6. The van der Waals surface area contributed by atoms with Gasteiger partial charge in [0.05, 0.1) is 18.2 Å². The van der Waals surface area contributed by atoms with E-state index in [0.717, 1.165) is 33.3 Å². The second-order valence-electron chi connectivity index (χ2n) is 5.73. The normalized spacial score (nSPS) is 13.6. The summed E-state index contributed by atoms with van der Waals surface area (Å²) >= 11 is 3.20. The molecule has 25 heavy (non-hydrogen) atoms. The van der Waals surface area contributed by atoms with Gasteiger partial charge in [-0.1, -0.05) is 6.07 Å². The van der Waals surface area contributed by atoms with Crippen LogP contribution in [-0.4, -0.2) is 17.7 Å².